The highest BCUT2D eigenvalue weighted by Crippen LogP contribution is 2.40. The first-order valence-corrected chi connectivity index (χ1v) is 11.8. The van der Waals surface area contributed by atoms with Crippen molar-refractivity contribution >= 4 is 30.3 Å². The lowest BCUT2D eigenvalue weighted by Gasteiger charge is -2.42. The molecular weight excluding hydrogens is 412 g/mol. The summed E-state index contributed by atoms with van der Waals surface area (Å²) in [4.78, 5) is 32.2. The predicted octanol–water partition coefficient (Wildman–Crippen LogP) is 5.88. The van der Waals surface area contributed by atoms with Gasteiger partial charge in [0.25, 0.3) is 0 Å². The Bertz CT molecular complexity index is 1040. The molecule has 6 heteroatoms. The molecule has 6 nitrogen and oxygen atoms in total. The third-order valence-corrected chi connectivity index (χ3v) is 6.16. The van der Waals surface area contributed by atoms with Gasteiger partial charge in [-0.3, -0.25) is 0 Å². The number of carbonyl (C=O) groups excluding carboxylic acids is 2. The van der Waals surface area contributed by atoms with Gasteiger partial charge in [-0.2, -0.15) is 0 Å². The molecule has 1 unspecified atom stereocenters. The average molecular weight is 451 g/mol. The molecular formula is C27H38N4O2. The van der Waals surface area contributed by atoms with Crippen LogP contribution >= 0.6 is 0 Å². The number of hydrogen-bond acceptors (Lipinski definition) is 5. The Balaban J connectivity index is 0.000000597. The van der Waals surface area contributed by atoms with E-state index in [0.29, 0.717) is 6.04 Å². The van der Waals surface area contributed by atoms with Crippen molar-refractivity contribution in [3.63, 3.8) is 0 Å². The van der Waals surface area contributed by atoms with Gasteiger partial charge < -0.3 is 19.5 Å². The number of piperidine rings is 1. The van der Waals surface area contributed by atoms with Crippen molar-refractivity contribution < 1.29 is 9.59 Å². The molecule has 0 saturated carbocycles. The molecule has 1 atom stereocenters. The van der Waals surface area contributed by atoms with Crippen molar-refractivity contribution in [2.24, 2.45) is 0 Å². The number of nitrogens with one attached hydrogen (secondary N) is 1. The number of nitrogens with zero attached hydrogens (tertiary/aromatic N) is 3. The van der Waals surface area contributed by atoms with Crippen LogP contribution in [0.25, 0.3) is 22.3 Å². The van der Waals surface area contributed by atoms with Crippen LogP contribution in [-0.4, -0.2) is 41.1 Å². The SMILES string of the molecule is C=O.C=O.CC.CC(C)(C)c1nc(-c2cccc3[nH]ccc23)nc2c1CCC1CCCCN21. The second-order valence-electron chi connectivity index (χ2n) is 9.07. The fourth-order valence-corrected chi connectivity index (χ4v) is 4.85. The monoisotopic (exact) mass is 450 g/mol. The number of benzene rings is 1. The zero-order valence-corrected chi connectivity index (χ0v) is 20.8. The molecule has 2 aliphatic rings. The summed E-state index contributed by atoms with van der Waals surface area (Å²) in [6, 6.07) is 9.15. The maximum atomic E-state index is 8.00. The van der Waals surface area contributed by atoms with E-state index in [-0.39, 0.29) is 5.41 Å². The number of carbonyl (C=O) groups is 2. The third-order valence-electron chi connectivity index (χ3n) is 6.16. The molecule has 1 fully saturated rings. The molecule has 178 valence electrons. The Morgan fingerprint density at radius 3 is 2.42 bits per heavy atom. The second-order valence-corrected chi connectivity index (χ2v) is 9.07. The molecule has 0 radical (unpaired) electrons. The zero-order chi connectivity index (χ0) is 24.6. The number of aromatic amines is 1. The normalized spacial score (nSPS) is 16.6. The van der Waals surface area contributed by atoms with Gasteiger partial charge >= 0.3 is 0 Å². The van der Waals surface area contributed by atoms with Gasteiger partial charge in [0.15, 0.2) is 5.82 Å². The lowest BCUT2D eigenvalue weighted by Crippen LogP contribution is -2.44. The number of hydrogen-bond donors (Lipinski definition) is 1. The van der Waals surface area contributed by atoms with Crippen molar-refractivity contribution in [3.05, 3.63) is 41.7 Å². The van der Waals surface area contributed by atoms with E-state index < -0.39 is 0 Å². The summed E-state index contributed by atoms with van der Waals surface area (Å²) >= 11 is 0. The zero-order valence-electron chi connectivity index (χ0n) is 20.8. The van der Waals surface area contributed by atoms with E-state index in [0.717, 1.165) is 29.9 Å². The maximum Gasteiger partial charge on any atom is 0.162 e. The van der Waals surface area contributed by atoms with Crippen LogP contribution in [0.1, 0.15) is 71.6 Å². The van der Waals surface area contributed by atoms with Crippen LogP contribution in [0.2, 0.25) is 0 Å². The molecule has 0 spiro atoms. The van der Waals surface area contributed by atoms with Crippen molar-refractivity contribution in [1.29, 1.82) is 0 Å². The maximum absolute atomic E-state index is 8.00. The highest BCUT2D eigenvalue weighted by Gasteiger charge is 2.34. The molecule has 2 aliphatic heterocycles. The van der Waals surface area contributed by atoms with Gasteiger partial charge in [-0.15, -0.1) is 0 Å². The Morgan fingerprint density at radius 1 is 1.00 bits per heavy atom. The molecule has 4 heterocycles. The second kappa shape index (κ2) is 11.7. The summed E-state index contributed by atoms with van der Waals surface area (Å²) < 4.78 is 0. The molecule has 1 saturated heterocycles. The lowest BCUT2D eigenvalue weighted by atomic mass is 9.83. The van der Waals surface area contributed by atoms with Crippen LogP contribution in [-0.2, 0) is 21.4 Å². The fourth-order valence-electron chi connectivity index (χ4n) is 4.85. The summed E-state index contributed by atoms with van der Waals surface area (Å²) in [6.07, 6.45) is 8.27. The summed E-state index contributed by atoms with van der Waals surface area (Å²) in [5.41, 5.74) is 4.88. The Kier molecular flexibility index (Phi) is 9.32. The van der Waals surface area contributed by atoms with Crippen LogP contribution in [0.3, 0.4) is 0 Å². The van der Waals surface area contributed by atoms with Gasteiger partial charge in [-0.1, -0.05) is 46.8 Å². The summed E-state index contributed by atoms with van der Waals surface area (Å²) in [6.45, 7) is 16.0. The van der Waals surface area contributed by atoms with Gasteiger partial charge in [-0.05, 0) is 44.2 Å². The summed E-state index contributed by atoms with van der Waals surface area (Å²) in [5.74, 6) is 2.07. The van der Waals surface area contributed by atoms with Crippen LogP contribution in [0, 0.1) is 0 Å². The molecule has 1 N–H and O–H groups in total. The van der Waals surface area contributed by atoms with Gasteiger partial charge in [0.05, 0.1) is 5.69 Å². The van der Waals surface area contributed by atoms with Crippen LogP contribution in [0.5, 0.6) is 0 Å². The van der Waals surface area contributed by atoms with Crippen LogP contribution in [0.4, 0.5) is 5.82 Å². The summed E-state index contributed by atoms with van der Waals surface area (Å²) in [7, 11) is 0. The van der Waals surface area contributed by atoms with Crippen molar-refractivity contribution in [1.82, 2.24) is 15.0 Å². The van der Waals surface area contributed by atoms with Gasteiger partial charge in [0.1, 0.15) is 19.4 Å². The minimum atomic E-state index is 0.0104. The number of rotatable bonds is 1. The number of aromatic nitrogens is 3. The molecule has 0 amide bonds. The topological polar surface area (TPSA) is 79.0 Å². The van der Waals surface area contributed by atoms with Gasteiger partial charge in [0, 0.05) is 46.2 Å². The Morgan fingerprint density at radius 2 is 1.73 bits per heavy atom. The van der Waals surface area contributed by atoms with Crippen molar-refractivity contribution in [3.8, 4) is 11.4 Å². The molecule has 0 aliphatic carbocycles. The van der Waals surface area contributed by atoms with E-state index in [1.165, 1.54) is 48.1 Å². The van der Waals surface area contributed by atoms with Gasteiger partial charge in [0.2, 0.25) is 0 Å². The molecule has 1 aromatic carbocycles. The van der Waals surface area contributed by atoms with E-state index in [1.807, 2.05) is 33.6 Å². The number of H-pyrrole nitrogens is 1. The molecule has 33 heavy (non-hydrogen) atoms. The summed E-state index contributed by atoms with van der Waals surface area (Å²) in [5, 5.41) is 1.20. The fraction of sp³-hybridized carbons (Fsp3) is 0.481. The lowest BCUT2D eigenvalue weighted by molar-refractivity contribution is -0.0987. The average Bonchev–Trinajstić information content (AvgIpc) is 3.35. The molecule has 2 aromatic heterocycles. The largest absolute Gasteiger partial charge is 0.361 e. The number of fused-ring (bicyclic) bond motifs is 4. The minimum Gasteiger partial charge on any atom is -0.361 e. The molecule has 5 rings (SSSR count). The van der Waals surface area contributed by atoms with E-state index >= 15 is 0 Å². The highest BCUT2D eigenvalue weighted by atomic mass is 16.1. The number of anilines is 1. The molecule has 0 bridgehead atoms. The Labute approximate surface area is 197 Å². The standard InChI is InChI=1S/C23H28N4.C2H6.2CH2O/c1-23(2,3)20-18-11-10-15-7-4-5-14-27(15)22(18)26-21(25-20)17-8-6-9-19-16(17)12-13-24-19;3*1-2/h6,8-9,12-13,15,24H,4-5,7,10-11,14H2,1-3H3;1-2H3;2*1H2. The predicted molar refractivity (Wildman–Crippen MR) is 137 cm³/mol. The minimum absolute atomic E-state index is 0.0104. The smallest absolute Gasteiger partial charge is 0.162 e. The molecule has 3 aromatic rings. The van der Waals surface area contributed by atoms with E-state index in [4.69, 9.17) is 19.6 Å². The first kappa shape index (κ1) is 26.2. The van der Waals surface area contributed by atoms with E-state index in [2.05, 4.69) is 54.9 Å². The Hall–Kier alpha value is -3.02. The highest BCUT2D eigenvalue weighted by molar-refractivity contribution is 5.93. The first-order chi connectivity index (χ1) is 16.0. The van der Waals surface area contributed by atoms with Gasteiger partial charge in [-0.25, -0.2) is 9.97 Å². The van der Waals surface area contributed by atoms with Crippen LogP contribution < -0.4 is 4.90 Å². The van der Waals surface area contributed by atoms with Crippen molar-refractivity contribution in [2.75, 3.05) is 11.4 Å². The van der Waals surface area contributed by atoms with Crippen LogP contribution in [0.15, 0.2) is 30.5 Å². The quantitative estimate of drug-likeness (QED) is 0.500. The van der Waals surface area contributed by atoms with E-state index in [9.17, 15) is 0 Å². The van der Waals surface area contributed by atoms with E-state index in [1.54, 1.807) is 0 Å². The first-order valence-electron chi connectivity index (χ1n) is 11.8. The third kappa shape index (κ3) is 5.32. The van der Waals surface area contributed by atoms with Crippen molar-refractivity contribution in [2.45, 2.75) is 78.2 Å².